The molecule has 0 spiro atoms. The molecule has 1 fully saturated rings. The first-order chi connectivity index (χ1) is 8.18. The molecule has 4 nitrogen and oxygen atoms in total. The van der Waals surface area contributed by atoms with Crippen LogP contribution in [0.4, 0.5) is 0 Å². The second-order valence-corrected chi connectivity index (χ2v) is 5.38. The van der Waals surface area contributed by atoms with Gasteiger partial charge in [0.25, 0.3) is 0 Å². The van der Waals surface area contributed by atoms with Gasteiger partial charge in [-0.3, -0.25) is 14.6 Å². The fourth-order valence-corrected chi connectivity index (χ4v) is 2.13. The third-order valence-corrected chi connectivity index (χ3v) is 3.63. The lowest BCUT2D eigenvalue weighted by Gasteiger charge is -2.11. The summed E-state index contributed by atoms with van der Waals surface area (Å²) in [5.41, 5.74) is 1.41. The smallest absolute Gasteiger partial charge is 0.195 e. The SMILES string of the molecule is CC1(Cn2c(-c3cccnc3)n[nH]c2=S)CC1. The van der Waals surface area contributed by atoms with E-state index >= 15 is 0 Å². The highest BCUT2D eigenvalue weighted by Gasteiger charge is 2.38. The Morgan fingerprint density at radius 3 is 3.00 bits per heavy atom. The Labute approximate surface area is 105 Å². The molecule has 1 aliphatic carbocycles. The van der Waals surface area contributed by atoms with E-state index in [0.717, 1.165) is 17.9 Å². The molecule has 1 saturated carbocycles. The van der Waals surface area contributed by atoms with Crippen molar-refractivity contribution in [3.63, 3.8) is 0 Å². The molecule has 17 heavy (non-hydrogen) atoms. The molecule has 0 saturated heterocycles. The molecular formula is C12H14N4S. The van der Waals surface area contributed by atoms with Crippen LogP contribution in [0.5, 0.6) is 0 Å². The molecule has 2 aromatic heterocycles. The van der Waals surface area contributed by atoms with Crippen molar-refractivity contribution in [1.29, 1.82) is 0 Å². The molecule has 0 amide bonds. The van der Waals surface area contributed by atoms with E-state index < -0.39 is 0 Å². The minimum absolute atomic E-state index is 0.402. The number of hydrogen-bond acceptors (Lipinski definition) is 3. The van der Waals surface area contributed by atoms with Crippen molar-refractivity contribution in [2.45, 2.75) is 26.3 Å². The molecule has 0 bridgehead atoms. The fraction of sp³-hybridized carbons (Fsp3) is 0.417. The maximum atomic E-state index is 5.29. The van der Waals surface area contributed by atoms with E-state index in [1.54, 1.807) is 6.20 Å². The minimum Gasteiger partial charge on any atom is -0.300 e. The number of aromatic amines is 1. The Morgan fingerprint density at radius 2 is 2.35 bits per heavy atom. The van der Waals surface area contributed by atoms with Gasteiger partial charge in [0, 0.05) is 24.5 Å². The Kier molecular flexibility index (Phi) is 2.36. The van der Waals surface area contributed by atoms with E-state index in [0.29, 0.717) is 10.2 Å². The van der Waals surface area contributed by atoms with Crippen molar-refractivity contribution in [3.8, 4) is 11.4 Å². The van der Waals surface area contributed by atoms with Gasteiger partial charge < -0.3 is 0 Å². The summed E-state index contributed by atoms with van der Waals surface area (Å²) in [6, 6.07) is 3.92. The standard InChI is InChI=1S/C12H14N4S/c1-12(4-5-12)8-16-10(14-15-11(16)17)9-3-2-6-13-7-9/h2-3,6-7H,4-5,8H2,1H3,(H,15,17). The molecule has 0 unspecified atom stereocenters. The number of nitrogens with zero attached hydrogens (tertiary/aromatic N) is 3. The van der Waals surface area contributed by atoms with E-state index in [2.05, 4.69) is 26.7 Å². The van der Waals surface area contributed by atoms with Gasteiger partial charge in [-0.05, 0) is 42.6 Å². The van der Waals surface area contributed by atoms with Gasteiger partial charge >= 0.3 is 0 Å². The third kappa shape index (κ3) is 2.02. The van der Waals surface area contributed by atoms with Crippen LogP contribution in [0.3, 0.4) is 0 Å². The monoisotopic (exact) mass is 246 g/mol. The van der Waals surface area contributed by atoms with Gasteiger partial charge in [-0.1, -0.05) is 6.92 Å². The first-order valence-corrected chi connectivity index (χ1v) is 6.14. The first kappa shape index (κ1) is 10.7. The molecule has 1 aliphatic rings. The molecule has 5 heteroatoms. The zero-order chi connectivity index (χ0) is 11.9. The zero-order valence-electron chi connectivity index (χ0n) is 9.68. The van der Waals surface area contributed by atoms with Crippen LogP contribution in [0.15, 0.2) is 24.5 Å². The summed E-state index contributed by atoms with van der Waals surface area (Å²) in [6.45, 7) is 3.22. The highest BCUT2D eigenvalue weighted by atomic mass is 32.1. The summed E-state index contributed by atoms with van der Waals surface area (Å²) < 4.78 is 2.77. The van der Waals surface area contributed by atoms with Crippen molar-refractivity contribution in [3.05, 3.63) is 29.3 Å². The second-order valence-electron chi connectivity index (χ2n) is 4.99. The van der Waals surface area contributed by atoms with Crippen LogP contribution >= 0.6 is 12.2 Å². The van der Waals surface area contributed by atoms with E-state index in [9.17, 15) is 0 Å². The third-order valence-electron chi connectivity index (χ3n) is 3.32. The zero-order valence-corrected chi connectivity index (χ0v) is 10.5. The van der Waals surface area contributed by atoms with Crippen molar-refractivity contribution in [2.75, 3.05) is 0 Å². The molecule has 0 atom stereocenters. The molecule has 0 aromatic carbocycles. The van der Waals surface area contributed by atoms with Crippen LogP contribution in [-0.4, -0.2) is 19.7 Å². The van der Waals surface area contributed by atoms with Crippen molar-refractivity contribution in [2.24, 2.45) is 5.41 Å². The van der Waals surface area contributed by atoms with Crippen molar-refractivity contribution >= 4 is 12.2 Å². The minimum atomic E-state index is 0.402. The number of aromatic nitrogens is 4. The van der Waals surface area contributed by atoms with Gasteiger partial charge in [-0.2, -0.15) is 5.10 Å². The maximum Gasteiger partial charge on any atom is 0.195 e. The van der Waals surface area contributed by atoms with Gasteiger partial charge in [0.2, 0.25) is 0 Å². The topological polar surface area (TPSA) is 46.5 Å². The molecule has 0 aliphatic heterocycles. The second kappa shape index (κ2) is 3.77. The van der Waals surface area contributed by atoms with E-state index in [1.165, 1.54) is 12.8 Å². The summed E-state index contributed by atoms with van der Waals surface area (Å²) in [7, 11) is 0. The predicted octanol–water partition coefficient (Wildman–Crippen LogP) is 2.80. The Hall–Kier alpha value is -1.49. The average Bonchev–Trinajstić information content (AvgIpc) is 2.96. The molecule has 2 heterocycles. The van der Waals surface area contributed by atoms with Crippen molar-refractivity contribution in [1.82, 2.24) is 19.7 Å². The summed E-state index contributed by atoms with van der Waals surface area (Å²) >= 11 is 5.29. The Bertz CT molecular complexity index is 580. The van der Waals surface area contributed by atoms with Crippen LogP contribution in [0.25, 0.3) is 11.4 Å². The van der Waals surface area contributed by atoms with E-state index in [4.69, 9.17) is 12.2 Å². The van der Waals surface area contributed by atoms with E-state index in [-0.39, 0.29) is 0 Å². The Balaban J connectivity index is 2.03. The highest BCUT2D eigenvalue weighted by molar-refractivity contribution is 7.71. The van der Waals surface area contributed by atoms with Crippen molar-refractivity contribution < 1.29 is 0 Å². The van der Waals surface area contributed by atoms with Crippen LogP contribution in [0.1, 0.15) is 19.8 Å². The molecule has 1 N–H and O–H groups in total. The number of H-pyrrole nitrogens is 1. The summed E-state index contributed by atoms with van der Waals surface area (Å²) in [5.74, 6) is 0.885. The maximum absolute atomic E-state index is 5.29. The molecule has 0 radical (unpaired) electrons. The lowest BCUT2D eigenvalue weighted by molar-refractivity contribution is 0.463. The van der Waals surface area contributed by atoms with Gasteiger partial charge in [0.15, 0.2) is 10.6 Å². The lowest BCUT2D eigenvalue weighted by atomic mass is 10.1. The average molecular weight is 246 g/mol. The number of rotatable bonds is 3. The van der Waals surface area contributed by atoms with Gasteiger partial charge in [0.05, 0.1) is 0 Å². The van der Waals surface area contributed by atoms with Crippen LogP contribution < -0.4 is 0 Å². The Morgan fingerprint density at radius 1 is 1.53 bits per heavy atom. The molecule has 88 valence electrons. The first-order valence-electron chi connectivity index (χ1n) is 5.74. The summed E-state index contributed by atoms with van der Waals surface area (Å²) in [5, 5.41) is 7.18. The fourth-order valence-electron chi connectivity index (χ4n) is 1.93. The van der Waals surface area contributed by atoms with E-state index in [1.807, 2.05) is 18.3 Å². The van der Waals surface area contributed by atoms with Crippen LogP contribution in [0.2, 0.25) is 0 Å². The molecule has 2 aromatic rings. The van der Waals surface area contributed by atoms with Gasteiger partial charge in [0.1, 0.15) is 0 Å². The lowest BCUT2D eigenvalue weighted by Crippen LogP contribution is -2.09. The van der Waals surface area contributed by atoms with Gasteiger partial charge in [-0.15, -0.1) is 0 Å². The molecule has 3 rings (SSSR count). The van der Waals surface area contributed by atoms with Crippen LogP contribution in [-0.2, 0) is 6.54 Å². The summed E-state index contributed by atoms with van der Waals surface area (Å²) in [6.07, 6.45) is 6.12. The number of nitrogens with one attached hydrogen (secondary N) is 1. The summed E-state index contributed by atoms with van der Waals surface area (Å²) in [4.78, 5) is 4.12. The largest absolute Gasteiger partial charge is 0.300 e. The quantitative estimate of drug-likeness (QED) is 0.847. The number of pyridine rings is 1. The molecular weight excluding hydrogens is 232 g/mol. The number of hydrogen-bond donors (Lipinski definition) is 1. The normalized spacial score (nSPS) is 17.0. The van der Waals surface area contributed by atoms with Gasteiger partial charge in [-0.25, -0.2) is 0 Å². The predicted molar refractivity (Wildman–Crippen MR) is 68.0 cm³/mol. The van der Waals surface area contributed by atoms with Crippen LogP contribution in [0, 0.1) is 10.2 Å². The highest BCUT2D eigenvalue weighted by Crippen LogP contribution is 2.46.